The van der Waals surface area contributed by atoms with E-state index >= 15 is 0 Å². The number of hydrogen-bond acceptors (Lipinski definition) is 4. The Morgan fingerprint density at radius 3 is 3.00 bits per heavy atom. The number of carbonyl (C=O) groups is 1. The van der Waals surface area contributed by atoms with Crippen LogP contribution in [0.25, 0.3) is 0 Å². The van der Waals surface area contributed by atoms with Crippen LogP contribution in [0.2, 0.25) is 0 Å². The molecule has 1 amide bonds. The second-order valence-corrected chi connectivity index (χ2v) is 4.48. The molecule has 0 aliphatic carbocycles. The number of nitrogens with zero attached hydrogens (tertiary/aromatic N) is 3. The first-order chi connectivity index (χ1) is 8.11. The fraction of sp³-hybridized carbons (Fsp3) is 0.636. The quantitative estimate of drug-likeness (QED) is 0.757. The molecule has 1 atom stereocenters. The molecule has 3 N–H and O–H groups in total. The largest absolute Gasteiger partial charge is 0.394 e. The van der Waals surface area contributed by atoms with E-state index in [1.54, 1.807) is 17.9 Å². The maximum Gasteiger partial charge on any atom is 0.224 e. The first-order valence-electron chi connectivity index (χ1n) is 5.87. The summed E-state index contributed by atoms with van der Waals surface area (Å²) in [6, 6.07) is 0. The van der Waals surface area contributed by atoms with Gasteiger partial charge < -0.3 is 16.0 Å². The normalized spacial score (nSPS) is 20.4. The van der Waals surface area contributed by atoms with Crippen molar-refractivity contribution >= 4 is 17.4 Å². The molecule has 1 fully saturated rings. The lowest BCUT2D eigenvalue weighted by Gasteiger charge is -2.32. The lowest BCUT2D eigenvalue weighted by Crippen LogP contribution is -2.42. The number of aromatic nitrogens is 2. The van der Waals surface area contributed by atoms with Crippen molar-refractivity contribution in [3.8, 4) is 0 Å². The molecule has 0 aromatic carbocycles. The van der Waals surface area contributed by atoms with Gasteiger partial charge in [-0.3, -0.25) is 9.48 Å². The van der Waals surface area contributed by atoms with Gasteiger partial charge >= 0.3 is 0 Å². The van der Waals surface area contributed by atoms with Crippen LogP contribution in [0.4, 0.5) is 11.5 Å². The van der Waals surface area contributed by atoms with Crippen LogP contribution in [0, 0.1) is 5.92 Å². The molecule has 1 aliphatic heterocycles. The summed E-state index contributed by atoms with van der Waals surface area (Å²) in [5.74, 6) is 0.931. The lowest BCUT2D eigenvalue weighted by atomic mass is 9.97. The Kier molecular flexibility index (Phi) is 3.21. The SMILES string of the molecule is CNC(=O)C1CCCN(c2nn(C)cc2N)C1. The highest BCUT2D eigenvalue weighted by molar-refractivity contribution is 5.79. The number of amides is 1. The number of piperidine rings is 1. The molecule has 2 heterocycles. The smallest absolute Gasteiger partial charge is 0.224 e. The molecule has 0 saturated carbocycles. The van der Waals surface area contributed by atoms with Crippen molar-refractivity contribution in [3.63, 3.8) is 0 Å². The molecule has 1 saturated heterocycles. The van der Waals surface area contributed by atoms with Crippen LogP contribution in [0.3, 0.4) is 0 Å². The summed E-state index contributed by atoms with van der Waals surface area (Å²) in [6.07, 6.45) is 3.72. The van der Waals surface area contributed by atoms with E-state index in [-0.39, 0.29) is 11.8 Å². The van der Waals surface area contributed by atoms with Gasteiger partial charge in [-0.15, -0.1) is 0 Å². The van der Waals surface area contributed by atoms with Gasteiger partial charge in [0.15, 0.2) is 5.82 Å². The first-order valence-corrected chi connectivity index (χ1v) is 5.87. The number of aryl methyl sites for hydroxylation is 1. The van der Waals surface area contributed by atoms with E-state index in [0.29, 0.717) is 12.2 Å². The van der Waals surface area contributed by atoms with Crippen molar-refractivity contribution in [2.75, 3.05) is 30.8 Å². The molecule has 1 aliphatic rings. The van der Waals surface area contributed by atoms with Gasteiger partial charge in [0.2, 0.25) is 5.91 Å². The minimum atomic E-state index is 0.0372. The van der Waals surface area contributed by atoms with Crippen molar-refractivity contribution in [3.05, 3.63) is 6.20 Å². The second-order valence-electron chi connectivity index (χ2n) is 4.48. The third kappa shape index (κ3) is 2.35. The highest BCUT2D eigenvalue weighted by atomic mass is 16.1. The molecule has 1 unspecified atom stereocenters. The Morgan fingerprint density at radius 2 is 2.41 bits per heavy atom. The van der Waals surface area contributed by atoms with Crippen LogP contribution < -0.4 is 16.0 Å². The maximum absolute atomic E-state index is 11.6. The Hall–Kier alpha value is -1.72. The van der Waals surface area contributed by atoms with Gasteiger partial charge in [0.05, 0.1) is 11.6 Å². The monoisotopic (exact) mass is 237 g/mol. The van der Waals surface area contributed by atoms with Crippen molar-refractivity contribution in [1.82, 2.24) is 15.1 Å². The molecule has 2 rings (SSSR count). The van der Waals surface area contributed by atoms with Crippen molar-refractivity contribution in [1.29, 1.82) is 0 Å². The predicted octanol–water partition coefficient (Wildman–Crippen LogP) is -0.0353. The van der Waals surface area contributed by atoms with E-state index in [1.807, 2.05) is 7.05 Å². The topological polar surface area (TPSA) is 76.2 Å². The molecule has 1 aromatic heterocycles. The van der Waals surface area contributed by atoms with Crippen LogP contribution in [-0.4, -0.2) is 35.8 Å². The second kappa shape index (κ2) is 4.65. The van der Waals surface area contributed by atoms with Crippen LogP contribution in [0.5, 0.6) is 0 Å². The maximum atomic E-state index is 11.6. The molecule has 6 heteroatoms. The van der Waals surface area contributed by atoms with E-state index in [1.165, 1.54) is 0 Å². The third-order valence-electron chi connectivity index (χ3n) is 3.17. The van der Waals surface area contributed by atoms with Gasteiger partial charge in [-0.1, -0.05) is 0 Å². The fourth-order valence-corrected chi connectivity index (χ4v) is 2.33. The Morgan fingerprint density at radius 1 is 1.65 bits per heavy atom. The highest BCUT2D eigenvalue weighted by Gasteiger charge is 2.27. The van der Waals surface area contributed by atoms with E-state index in [0.717, 1.165) is 25.2 Å². The van der Waals surface area contributed by atoms with Gasteiger partial charge in [-0.25, -0.2) is 0 Å². The molecular weight excluding hydrogens is 218 g/mol. The molecule has 94 valence electrons. The summed E-state index contributed by atoms with van der Waals surface area (Å²) in [5.41, 5.74) is 6.57. The average molecular weight is 237 g/mol. The summed E-state index contributed by atoms with van der Waals surface area (Å²) >= 11 is 0. The lowest BCUT2D eigenvalue weighted by molar-refractivity contribution is -0.124. The van der Waals surface area contributed by atoms with Crippen LogP contribution in [-0.2, 0) is 11.8 Å². The van der Waals surface area contributed by atoms with E-state index in [2.05, 4.69) is 15.3 Å². The minimum Gasteiger partial charge on any atom is -0.394 e. The molecule has 0 spiro atoms. The summed E-state index contributed by atoms with van der Waals surface area (Å²) in [4.78, 5) is 13.7. The van der Waals surface area contributed by atoms with Gasteiger partial charge in [0.25, 0.3) is 0 Å². The number of rotatable bonds is 2. The van der Waals surface area contributed by atoms with Gasteiger partial charge in [-0.05, 0) is 12.8 Å². The number of nitrogens with one attached hydrogen (secondary N) is 1. The number of nitrogens with two attached hydrogens (primary N) is 1. The third-order valence-corrected chi connectivity index (χ3v) is 3.17. The Bertz CT molecular complexity index is 414. The fourth-order valence-electron chi connectivity index (χ4n) is 2.33. The summed E-state index contributed by atoms with van der Waals surface area (Å²) in [5, 5.41) is 7.04. The number of carbonyl (C=O) groups excluding carboxylic acids is 1. The van der Waals surface area contributed by atoms with Gasteiger partial charge in [0.1, 0.15) is 0 Å². The Labute approximate surface area is 101 Å². The number of anilines is 2. The molecule has 0 bridgehead atoms. The molecule has 17 heavy (non-hydrogen) atoms. The molecular formula is C11H19N5O. The van der Waals surface area contributed by atoms with Crippen LogP contribution in [0.15, 0.2) is 6.20 Å². The van der Waals surface area contributed by atoms with Crippen molar-refractivity contribution < 1.29 is 4.79 Å². The Balaban J connectivity index is 2.12. The molecule has 0 radical (unpaired) electrons. The van der Waals surface area contributed by atoms with Crippen molar-refractivity contribution in [2.45, 2.75) is 12.8 Å². The number of nitrogen functional groups attached to an aromatic ring is 1. The zero-order chi connectivity index (χ0) is 12.4. The van der Waals surface area contributed by atoms with Crippen LogP contribution >= 0.6 is 0 Å². The number of hydrogen-bond donors (Lipinski definition) is 2. The minimum absolute atomic E-state index is 0.0372. The van der Waals surface area contributed by atoms with Gasteiger partial charge in [0, 0.05) is 33.4 Å². The van der Waals surface area contributed by atoms with Gasteiger partial charge in [-0.2, -0.15) is 5.10 Å². The molecule has 1 aromatic rings. The van der Waals surface area contributed by atoms with E-state index < -0.39 is 0 Å². The summed E-state index contributed by atoms with van der Waals surface area (Å²) < 4.78 is 1.70. The first kappa shape index (κ1) is 11.8. The summed E-state index contributed by atoms with van der Waals surface area (Å²) in [7, 11) is 3.52. The van der Waals surface area contributed by atoms with Crippen LogP contribution in [0.1, 0.15) is 12.8 Å². The zero-order valence-corrected chi connectivity index (χ0v) is 10.3. The predicted molar refractivity (Wildman–Crippen MR) is 66.6 cm³/mol. The average Bonchev–Trinajstić information content (AvgIpc) is 2.67. The highest BCUT2D eigenvalue weighted by Crippen LogP contribution is 2.26. The molecule has 6 nitrogen and oxygen atoms in total. The van der Waals surface area contributed by atoms with Crippen molar-refractivity contribution in [2.24, 2.45) is 13.0 Å². The summed E-state index contributed by atoms with van der Waals surface area (Å²) in [6.45, 7) is 1.61. The zero-order valence-electron chi connectivity index (χ0n) is 10.3. The van der Waals surface area contributed by atoms with E-state index in [4.69, 9.17) is 5.73 Å². The standard InChI is InChI=1S/C11H19N5O/c1-13-11(17)8-4-3-5-16(6-8)10-9(12)7-15(2)14-10/h7-8H,3-6,12H2,1-2H3,(H,13,17). The van der Waals surface area contributed by atoms with E-state index in [9.17, 15) is 4.79 Å².